The molecule has 0 atom stereocenters. The van der Waals surface area contributed by atoms with Crippen molar-refractivity contribution in [2.45, 2.75) is 12.8 Å². The molecule has 0 aromatic heterocycles. The van der Waals surface area contributed by atoms with Gasteiger partial charge >= 0.3 is 5.97 Å². The third-order valence-electron chi connectivity index (χ3n) is 2.24. The molecule has 1 aromatic carbocycles. The zero-order valence-corrected chi connectivity index (χ0v) is 13.6. The number of nitrogens with one attached hydrogen (secondary N) is 1. The Morgan fingerprint density at radius 2 is 2.17 bits per heavy atom. The fourth-order valence-corrected chi connectivity index (χ4v) is 2.24. The second-order valence-electron chi connectivity index (χ2n) is 3.56. The summed E-state index contributed by atoms with van der Waals surface area (Å²) >= 11 is 5.44. The first-order valence-corrected chi connectivity index (χ1v) is 7.22. The minimum atomic E-state index is -0.263. The van der Waals surface area contributed by atoms with Crippen LogP contribution in [0.15, 0.2) is 22.7 Å². The predicted octanol–water partition coefficient (Wildman–Crippen LogP) is 2.74. The van der Waals surface area contributed by atoms with Gasteiger partial charge in [-0.25, -0.2) is 0 Å². The van der Waals surface area contributed by atoms with Crippen molar-refractivity contribution in [1.29, 1.82) is 0 Å². The van der Waals surface area contributed by atoms with E-state index in [2.05, 4.69) is 48.6 Å². The van der Waals surface area contributed by atoms with Crippen LogP contribution in [0.25, 0.3) is 0 Å². The summed E-state index contributed by atoms with van der Waals surface area (Å²) in [6.45, 7) is 0.455. The number of benzene rings is 1. The number of hydrogen-bond donors (Lipinski definition) is 1. The summed E-state index contributed by atoms with van der Waals surface area (Å²) in [5.41, 5.74) is 0.628. The number of carbonyl (C=O) groups is 2. The molecule has 0 saturated carbocycles. The molecule has 6 heteroatoms. The number of carbonyl (C=O) groups excluding carboxylic acids is 2. The predicted molar refractivity (Wildman–Crippen MR) is 80.4 cm³/mol. The van der Waals surface area contributed by atoms with E-state index in [0.29, 0.717) is 24.9 Å². The Morgan fingerprint density at radius 1 is 1.44 bits per heavy atom. The summed E-state index contributed by atoms with van der Waals surface area (Å²) in [6.07, 6.45) is 0.884. The molecule has 0 unspecified atom stereocenters. The average Bonchev–Trinajstić information content (AvgIpc) is 2.36. The maximum Gasteiger partial charge on any atom is 0.305 e. The molecule has 0 bridgehead atoms. The van der Waals surface area contributed by atoms with Crippen molar-refractivity contribution in [3.05, 3.63) is 31.8 Å². The molecular formula is C12H13BrINO3. The summed E-state index contributed by atoms with van der Waals surface area (Å²) in [6, 6.07) is 5.53. The van der Waals surface area contributed by atoms with Crippen LogP contribution in [0.3, 0.4) is 0 Å². The average molecular weight is 426 g/mol. The van der Waals surface area contributed by atoms with Crippen molar-refractivity contribution >= 4 is 50.4 Å². The largest absolute Gasteiger partial charge is 0.469 e. The lowest BCUT2D eigenvalue weighted by Gasteiger charge is -2.07. The number of esters is 1. The summed E-state index contributed by atoms with van der Waals surface area (Å²) in [7, 11) is 1.35. The molecule has 4 nitrogen and oxygen atoms in total. The van der Waals surface area contributed by atoms with E-state index in [0.717, 1.165) is 8.04 Å². The fraction of sp³-hybridized carbons (Fsp3) is 0.333. The highest BCUT2D eigenvalue weighted by atomic mass is 127. The van der Waals surface area contributed by atoms with Gasteiger partial charge in [-0.05, 0) is 47.2 Å². The molecule has 1 rings (SSSR count). The number of hydrogen-bond acceptors (Lipinski definition) is 3. The Balaban J connectivity index is 2.46. The van der Waals surface area contributed by atoms with Gasteiger partial charge in [0, 0.05) is 21.0 Å². The zero-order valence-electron chi connectivity index (χ0n) is 9.83. The maximum atomic E-state index is 11.9. The van der Waals surface area contributed by atoms with E-state index in [4.69, 9.17) is 0 Å². The van der Waals surface area contributed by atoms with Gasteiger partial charge in [-0.15, -0.1) is 0 Å². The fourth-order valence-electron chi connectivity index (χ4n) is 1.30. The van der Waals surface area contributed by atoms with E-state index in [1.807, 2.05) is 12.1 Å². The molecule has 0 aliphatic heterocycles. The number of rotatable bonds is 5. The maximum absolute atomic E-state index is 11.9. The molecule has 0 radical (unpaired) electrons. The summed E-state index contributed by atoms with van der Waals surface area (Å²) < 4.78 is 6.27. The van der Waals surface area contributed by atoms with Crippen LogP contribution in [0.5, 0.6) is 0 Å². The van der Waals surface area contributed by atoms with Crippen molar-refractivity contribution < 1.29 is 14.3 Å². The summed E-state index contributed by atoms with van der Waals surface area (Å²) in [4.78, 5) is 22.8. The molecule has 1 aromatic rings. The molecule has 1 N–H and O–H groups in total. The van der Waals surface area contributed by atoms with Crippen molar-refractivity contribution in [3.8, 4) is 0 Å². The lowest BCUT2D eigenvalue weighted by molar-refractivity contribution is -0.140. The lowest BCUT2D eigenvalue weighted by atomic mass is 10.2. The van der Waals surface area contributed by atoms with Crippen molar-refractivity contribution in [1.82, 2.24) is 5.32 Å². The van der Waals surface area contributed by atoms with E-state index in [9.17, 15) is 9.59 Å². The van der Waals surface area contributed by atoms with Gasteiger partial charge in [-0.2, -0.15) is 0 Å². The lowest BCUT2D eigenvalue weighted by Crippen LogP contribution is -2.25. The zero-order chi connectivity index (χ0) is 13.5. The molecule has 1 amide bonds. The van der Waals surface area contributed by atoms with Crippen LogP contribution < -0.4 is 5.32 Å². The summed E-state index contributed by atoms with van der Waals surface area (Å²) in [5.74, 6) is -0.396. The molecule has 0 spiro atoms. The van der Waals surface area contributed by atoms with Gasteiger partial charge in [-0.3, -0.25) is 9.59 Å². The smallest absolute Gasteiger partial charge is 0.305 e. The standard InChI is InChI=1S/C12H13BrINO3/c1-18-11(16)3-2-6-15-12(17)9-7-8(13)4-5-10(9)14/h4-5,7H,2-3,6H2,1H3,(H,15,17). The van der Waals surface area contributed by atoms with Crippen LogP contribution >= 0.6 is 38.5 Å². The molecule has 0 aliphatic rings. The van der Waals surface area contributed by atoms with Crippen LogP contribution in [0.4, 0.5) is 0 Å². The minimum Gasteiger partial charge on any atom is -0.469 e. The van der Waals surface area contributed by atoms with Crippen molar-refractivity contribution in [3.63, 3.8) is 0 Å². The van der Waals surface area contributed by atoms with Gasteiger partial charge < -0.3 is 10.1 Å². The van der Waals surface area contributed by atoms with Crippen LogP contribution in [-0.4, -0.2) is 25.5 Å². The molecule has 0 fully saturated rings. The van der Waals surface area contributed by atoms with E-state index < -0.39 is 0 Å². The number of halogens is 2. The van der Waals surface area contributed by atoms with Crippen LogP contribution in [0, 0.1) is 3.57 Å². The first-order chi connectivity index (χ1) is 8.54. The Hall–Kier alpha value is -0.630. The Bertz CT molecular complexity index is 451. The second kappa shape index (κ2) is 7.73. The Morgan fingerprint density at radius 3 is 2.83 bits per heavy atom. The topological polar surface area (TPSA) is 55.4 Å². The normalized spacial score (nSPS) is 9.94. The highest BCUT2D eigenvalue weighted by Crippen LogP contribution is 2.18. The molecule has 18 heavy (non-hydrogen) atoms. The Kier molecular flexibility index (Phi) is 6.62. The van der Waals surface area contributed by atoms with Gasteiger partial charge in [0.05, 0.1) is 12.7 Å². The van der Waals surface area contributed by atoms with Gasteiger partial charge in [0.15, 0.2) is 0 Å². The Labute approximate surface area is 128 Å². The minimum absolute atomic E-state index is 0.134. The van der Waals surface area contributed by atoms with Crippen molar-refractivity contribution in [2.24, 2.45) is 0 Å². The van der Waals surface area contributed by atoms with Gasteiger partial charge in [0.1, 0.15) is 0 Å². The second-order valence-corrected chi connectivity index (χ2v) is 5.64. The van der Waals surface area contributed by atoms with Gasteiger partial charge in [0.2, 0.25) is 0 Å². The van der Waals surface area contributed by atoms with E-state index in [-0.39, 0.29) is 11.9 Å². The monoisotopic (exact) mass is 425 g/mol. The molecule has 0 heterocycles. The first kappa shape index (κ1) is 15.4. The van der Waals surface area contributed by atoms with Crippen LogP contribution in [-0.2, 0) is 9.53 Å². The third-order valence-corrected chi connectivity index (χ3v) is 3.68. The first-order valence-electron chi connectivity index (χ1n) is 5.34. The van der Waals surface area contributed by atoms with Gasteiger partial charge in [0.25, 0.3) is 5.91 Å². The SMILES string of the molecule is COC(=O)CCCNC(=O)c1cc(Br)ccc1I. The number of ether oxygens (including phenoxy) is 1. The number of methoxy groups -OCH3 is 1. The van der Waals surface area contributed by atoms with Crippen LogP contribution in [0.2, 0.25) is 0 Å². The summed E-state index contributed by atoms with van der Waals surface area (Å²) in [5, 5.41) is 2.77. The molecule has 98 valence electrons. The quantitative estimate of drug-likeness (QED) is 0.448. The van der Waals surface area contributed by atoms with Crippen molar-refractivity contribution in [2.75, 3.05) is 13.7 Å². The number of amides is 1. The molecular weight excluding hydrogens is 413 g/mol. The van der Waals surface area contributed by atoms with E-state index in [1.165, 1.54) is 7.11 Å². The highest BCUT2D eigenvalue weighted by molar-refractivity contribution is 14.1. The molecule has 0 aliphatic carbocycles. The van der Waals surface area contributed by atoms with E-state index >= 15 is 0 Å². The van der Waals surface area contributed by atoms with Crippen LogP contribution in [0.1, 0.15) is 23.2 Å². The third kappa shape index (κ3) is 4.93. The van der Waals surface area contributed by atoms with Gasteiger partial charge in [-0.1, -0.05) is 15.9 Å². The van der Waals surface area contributed by atoms with E-state index in [1.54, 1.807) is 6.07 Å². The highest BCUT2D eigenvalue weighted by Gasteiger charge is 2.10. The molecule has 0 saturated heterocycles.